The first-order chi connectivity index (χ1) is 9.96. The molecule has 110 valence electrons. The van der Waals surface area contributed by atoms with Gasteiger partial charge in [-0.3, -0.25) is 4.31 Å². The van der Waals surface area contributed by atoms with Crippen LogP contribution in [0.1, 0.15) is 6.92 Å². The van der Waals surface area contributed by atoms with E-state index in [0.29, 0.717) is 5.69 Å². The maximum absolute atomic E-state index is 12.7. The molecule has 0 spiro atoms. The van der Waals surface area contributed by atoms with Gasteiger partial charge in [-0.2, -0.15) is 0 Å². The standard InChI is InChI=1S/C14H16BNO4S/c1-2-16(13-8-4-3-5-9-13)21(19,20)14-10-6-7-12(11-14)15(17)18/h3-11,17-18H,2H2,1H3. The first-order valence-corrected chi connectivity index (χ1v) is 7.94. The molecule has 0 unspecified atom stereocenters. The van der Waals surface area contributed by atoms with Crippen LogP contribution in [0.25, 0.3) is 0 Å². The summed E-state index contributed by atoms with van der Waals surface area (Å²) in [6.07, 6.45) is 0. The minimum atomic E-state index is -3.75. The van der Waals surface area contributed by atoms with Crippen LogP contribution < -0.4 is 9.77 Å². The number of sulfonamides is 1. The van der Waals surface area contributed by atoms with Crippen molar-refractivity contribution in [2.24, 2.45) is 0 Å². The molecule has 0 aromatic heterocycles. The molecule has 2 aromatic carbocycles. The van der Waals surface area contributed by atoms with Gasteiger partial charge in [0.05, 0.1) is 10.6 Å². The predicted molar refractivity (Wildman–Crippen MR) is 82.9 cm³/mol. The number of nitrogens with zero attached hydrogens (tertiary/aromatic N) is 1. The van der Waals surface area contributed by atoms with Crippen molar-refractivity contribution in [3.63, 3.8) is 0 Å². The molecule has 2 aromatic rings. The second-order valence-corrected chi connectivity index (χ2v) is 6.31. The smallest absolute Gasteiger partial charge is 0.423 e. The van der Waals surface area contributed by atoms with Gasteiger partial charge in [0, 0.05) is 6.54 Å². The second-order valence-electron chi connectivity index (χ2n) is 4.45. The van der Waals surface area contributed by atoms with Gasteiger partial charge in [-0.05, 0) is 36.7 Å². The van der Waals surface area contributed by atoms with Crippen molar-refractivity contribution in [1.82, 2.24) is 0 Å². The summed E-state index contributed by atoms with van der Waals surface area (Å²) in [6, 6.07) is 14.4. The van der Waals surface area contributed by atoms with E-state index in [4.69, 9.17) is 0 Å². The van der Waals surface area contributed by atoms with Gasteiger partial charge in [0.1, 0.15) is 0 Å². The Morgan fingerprint density at radius 2 is 1.71 bits per heavy atom. The van der Waals surface area contributed by atoms with E-state index in [1.807, 2.05) is 6.07 Å². The molecular weight excluding hydrogens is 289 g/mol. The van der Waals surface area contributed by atoms with Crippen molar-refractivity contribution in [1.29, 1.82) is 0 Å². The molecule has 0 aliphatic carbocycles. The molecule has 0 aliphatic heterocycles. The van der Waals surface area contributed by atoms with Crippen molar-refractivity contribution in [2.75, 3.05) is 10.8 Å². The quantitative estimate of drug-likeness (QED) is 0.792. The highest BCUT2D eigenvalue weighted by molar-refractivity contribution is 7.92. The third kappa shape index (κ3) is 3.26. The third-order valence-electron chi connectivity index (χ3n) is 3.08. The largest absolute Gasteiger partial charge is 0.488 e. The molecular formula is C14H16BNO4S. The maximum atomic E-state index is 12.7. The normalized spacial score (nSPS) is 11.2. The first-order valence-electron chi connectivity index (χ1n) is 6.50. The summed E-state index contributed by atoms with van der Waals surface area (Å²) < 4.78 is 26.7. The zero-order valence-electron chi connectivity index (χ0n) is 11.5. The summed E-state index contributed by atoms with van der Waals surface area (Å²) in [5.74, 6) is 0. The first kappa shape index (κ1) is 15.6. The fourth-order valence-electron chi connectivity index (χ4n) is 2.05. The number of benzene rings is 2. The Hall–Kier alpha value is -1.83. The SMILES string of the molecule is CCN(c1ccccc1)S(=O)(=O)c1cccc(B(O)O)c1. The highest BCUT2D eigenvalue weighted by Crippen LogP contribution is 2.22. The van der Waals surface area contributed by atoms with E-state index in [1.54, 1.807) is 31.2 Å². The summed E-state index contributed by atoms with van der Waals surface area (Å²) in [5.41, 5.74) is 0.704. The van der Waals surface area contributed by atoms with Crippen molar-refractivity contribution >= 4 is 28.3 Å². The lowest BCUT2D eigenvalue weighted by molar-refractivity contribution is 0.425. The summed E-state index contributed by atoms with van der Waals surface area (Å²) in [5, 5.41) is 18.3. The van der Waals surface area contributed by atoms with Gasteiger partial charge < -0.3 is 10.0 Å². The number of para-hydroxylation sites is 1. The van der Waals surface area contributed by atoms with Crippen LogP contribution in [0.2, 0.25) is 0 Å². The Labute approximate surface area is 124 Å². The number of hydrogen-bond acceptors (Lipinski definition) is 4. The Balaban J connectivity index is 2.47. The van der Waals surface area contributed by atoms with Crippen molar-refractivity contribution in [2.45, 2.75) is 11.8 Å². The van der Waals surface area contributed by atoms with Gasteiger partial charge in [0.2, 0.25) is 0 Å². The molecule has 0 radical (unpaired) electrons. The van der Waals surface area contributed by atoms with Gasteiger partial charge in [-0.15, -0.1) is 0 Å². The topological polar surface area (TPSA) is 77.8 Å². The molecule has 0 fully saturated rings. The summed E-state index contributed by atoms with van der Waals surface area (Å²) in [6.45, 7) is 2.02. The molecule has 21 heavy (non-hydrogen) atoms. The molecule has 2 N–H and O–H groups in total. The van der Waals surface area contributed by atoms with Gasteiger partial charge >= 0.3 is 7.12 Å². The molecule has 0 heterocycles. The zero-order chi connectivity index (χ0) is 15.5. The van der Waals surface area contributed by atoms with Crippen LogP contribution in [0.5, 0.6) is 0 Å². The number of rotatable bonds is 5. The predicted octanol–water partition coefficient (Wildman–Crippen LogP) is 0.582. The van der Waals surface area contributed by atoms with Crippen molar-refractivity contribution in [3.05, 3.63) is 54.6 Å². The summed E-state index contributed by atoms with van der Waals surface area (Å²) in [7, 11) is -5.45. The van der Waals surface area contributed by atoms with E-state index in [-0.39, 0.29) is 16.9 Å². The van der Waals surface area contributed by atoms with E-state index in [0.717, 1.165) is 0 Å². The van der Waals surface area contributed by atoms with E-state index in [2.05, 4.69) is 0 Å². The number of hydrogen-bond donors (Lipinski definition) is 2. The number of anilines is 1. The molecule has 0 atom stereocenters. The Kier molecular flexibility index (Phi) is 4.67. The monoisotopic (exact) mass is 305 g/mol. The van der Waals surface area contributed by atoms with Crippen LogP contribution in [0.4, 0.5) is 5.69 Å². The van der Waals surface area contributed by atoms with Crippen molar-refractivity contribution < 1.29 is 18.5 Å². The van der Waals surface area contributed by atoms with Gasteiger partial charge in [0.25, 0.3) is 10.0 Å². The molecule has 0 saturated carbocycles. The van der Waals surface area contributed by atoms with E-state index < -0.39 is 17.1 Å². The van der Waals surface area contributed by atoms with Gasteiger partial charge in [-0.25, -0.2) is 8.42 Å². The minimum Gasteiger partial charge on any atom is -0.423 e. The van der Waals surface area contributed by atoms with Crippen LogP contribution in [0, 0.1) is 0 Å². The minimum absolute atomic E-state index is 0.0267. The Morgan fingerprint density at radius 3 is 2.29 bits per heavy atom. The highest BCUT2D eigenvalue weighted by atomic mass is 32.2. The fourth-order valence-corrected chi connectivity index (χ4v) is 3.58. The van der Waals surface area contributed by atoms with Crippen LogP contribution in [0.15, 0.2) is 59.5 Å². The van der Waals surface area contributed by atoms with Crippen LogP contribution in [-0.4, -0.2) is 32.1 Å². The Bertz CT molecular complexity index is 704. The molecule has 0 aliphatic rings. The van der Waals surface area contributed by atoms with Crippen LogP contribution in [-0.2, 0) is 10.0 Å². The van der Waals surface area contributed by atoms with Gasteiger partial charge in [-0.1, -0.05) is 30.3 Å². The van der Waals surface area contributed by atoms with E-state index >= 15 is 0 Å². The average Bonchev–Trinajstić information content (AvgIpc) is 2.49. The fraction of sp³-hybridized carbons (Fsp3) is 0.143. The average molecular weight is 305 g/mol. The summed E-state index contributed by atoms with van der Waals surface area (Å²) in [4.78, 5) is 0.0267. The van der Waals surface area contributed by atoms with Crippen LogP contribution in [0.3, 0.4) is 0 Å². The molecule has 2 rings (SSSR count). The van der Waals surface area contributed by atoms with E-state index in [1.165, 1.54) is 28.6 Å². The lowest BCUT2D eigenvalue weighted by atomic mass is 9.80. The molecule has 0 bridgehead atoms. The molecule has 5 nitrogen and oxygen atoms in total. The lowest BCUT2D eigenvalue weighted by Crippen LogP contribution is -2.34. The zero-order valence-corrected chi connectivity index (χ0v) is 12.4. The highest BCUT2D eigenvalue weighted by Gasteiger charge is 2.24. The maximum Gasteiger partial charge on any atom is 0.488 e. The molecule has 7 heteroatoms. The second kappa shape index (κ2) is 6.30. The third-order valence-corrected chi connectivity index (χ3v) is 4.97. The van der Waals surface area contributed by atoms with Crippen LogP contribution >= 0.6 is 0 Å². The van der Waals surface area contributed by atoms with Crippen molar-refractivity contribution in [3.8, 4) is 0 Å². The Morgan fingerprint density at radius 1 is 1.05 bits per heavy atom. The summed E-state index contributed by atoms with van der Waals surface area (Å²) >= 11 is 0. The molecule has 0 amide bonds. The van der Waals surface area contributed by atoms with E-state index in [9.17, 15) is 18.5 Å². The molecule has 0 saturated heterocycles. The van der Waals surface area contributed by atoms with Gasteiger partial charge in [0.15, 0.2) is 0 Å². The lowest BCUT2D eigenvalue weighted by Gasteiger charge is -2.23.